The average Bonchev–Trinajstić information content (AvgIpc) is 3.13. The fourth-order valence-corrected chi connectivity index (χ4v) is 5.10. The minimum absolute atomic E-state index is 0.187. The van der Waals surface area contributed by atoms with Crippen LogP contribution < -0.4 is 5.32 Å². The number of likely N-dealkylation sites (tertiary alicyclic amines) is 1. The van der Waals surface area contributed by atoms with Gasteiger partial charge in [-0.25, -0.2) is 14.4 Å². The van der Waals surface area contributed by atoms with Gasteiger partial charge in [-0.1, -0.05) is 12.1 Å². The van der Waals surface area contributed by atoms with Gasteiger partial charge in [-0.2, -0.15) is 0 Å². The number of amides is 1. The fourth-order valence-electron chi connectivity index (χ4n) is 4.18. The van der Waals surface area contributed by atoms with Crippen LogP contribution in [0, 0.1) is 5.82 Å². The van der Waals surface area contributed by atoms with Crippen molar-refractivity contribution >= 4 is 33.3 Å². The number of carbonyl (C=O) groups is 1. The first kappa shape index (κ1) is 19.8. The van der Waals surface area contributed by atoms with E-state index in [1.54, 1.807) is 12.1 Å². The van der Waals surface area contributed by atoms with E-state index in [0.717, 1.165) is 34.2 Å². The summed E-state index contributed by atoms with van der Waals surface area (Å²) in [5, 5.41) is 6.26. The molecule has 3 heterocycles. The molecule has 2 unspecified atom stereocenters. The minimum Gasteiger partial charge on any atom is -0.369 e. The third-order valence-corrected chi connectivity index (χ3v) is 6.52. The molecule has 0 bridgehead atoms. The summed E-state index contributed by atoms with van der Waals surface area (Å²) in [6.45, 7) is 4.78. The Hall–Kier alpha value is -2.54. The Bertz CT molecular complexity index is 994. The quantitative estimate of drug-likeness (QED) is 0.634. The number of halogens is 1. The number of piperidine rings is 1. The van der Waals surface area contributed by atoms with Gasteiger partial charge in [0.05, 0.1) is 5.39 Å². The Kier molecular flexibility index (Phi) is 5.76. The van der Waals surface area contributed by atoms with Crippen molar-refractivity contribution in [2.75, 3.05) is 11.9 Å². The molecule has 2 aromatic heterocycles. The monoisotopic (exact) mass is 412 g/mol. The number of carbonyl (C=O) groups excluding carboxylic acids is 1. The zero-order valence-electron chi connectivity index (χ0n) is 16.7. The Morgan fingerprint density at radius 2 is 1.93 bits per heavy atom. The second-order valence-electron chi connectivity index (χ2n) is 7.67. The van der Waals surface area contributed by atoms with Gasteiger partial charge in [0.25, 0.3) is 0 Å². The molecule has 4 rings (SSSR count). The highest BCUT2D eigenvalue weighted by molar-refractivity contribution is 7.17. The lowest BCUT2D eigenvalue weighted by molar-refractivity contribution is -0.136. The Labute approximate surface area is 174 Å². The fraction of sp³-hybridized carbons (Fsp3) is 0.409. The molecule has 1 aromatic carbocycles. The maximum Gasteiger partial charge on any atom is 0.224 e. The van der Waals surface area contributed by atoms with Crippen molar-refractivity contribution in [1.82, 2.24) is 14.9 Å². The van der Waals surface area contributed by atoms with E-state index in [2.05, 4.69) is 29.1 Å². The standard InChI is InChI=1S/C22H25FN4OS/c1-14-4-3-5-15(2)27(14)19(28)10-11-24-21-20-18(12-29-22(20)26-13-25-21)16-6-8-17(23)9-7-16/h6-9,12-15H,3-5,10-11H2,1-2H3,(H,24,25,26). The van der Waals surface area contributed by atoms with Gasteiger partial charge in [0.1, 0.15) is 22.8 Å². The molecule has 0 saturated carbocycles. The van der Waals surface area contributed by atoms with Crippen LogP contribution in [0.3, 0.4) is 0 Å². The predicted octanol–water partition coefficient (Wildman–Crippen LogP) is 5.09. The van der Waals surface area contributed by atoms with Crippen LogP contribution in [-0.2, 0) is 4.79 Å². The molecule has 5 nitrogen and oxygen atoms in total. The van der Waals surface area contributed by atoms with Crippen LogP contribution in [0.1, 0.15) is 39.5 Å². The molecule has 1 saturated heterocycles. The highest BCUT2D eigenvalue weighted by Gasteiger charge is 2.28. The second kappa shape index (κ2) is 8.45. The number of hydrogen-bond acceptors (Lipinski definition) is 5. The Morgan fingerprint density at radius 1 is 1.21 bits per heavy atom. The summed E-state index contributed by atoms with van der Waals surface area (Å²) in [6.07, 6.45) is 5.30. The molecule has 1 amide bonds. The van der Waals surface area contributed by atoms with Crippen LogP contribution in [0.2, 0.25) is 0 Å². The van der Waals surface area contributed by atoms with E-state index < -0.39 is 0 Å². The van der Waals surface area contributed by atoms with Crippen molar-refractivity contribution in [3.8, 4) is 11.1 Å². The predicted molar refractivity (Wildman–Crippen MR) is 116 cm³/mol. The van der Waals surface area contributed by atoms with Crippen molar-refractivity contribution in [1.29, 1.82) is 0 Å². The topological polar surface area (TPSA) is 58.1 Å². The second-order valence-corrected chi connectivity index (χ2v) is 8.52. The summed E-state index contributed by atoms with van der Waals surface area (Å²) < 4.78 is 13.3. The lowest BCUT2D eigenvalue weighted by atomic mass is 9.97. The number of thiophene rings is 1. The molecule has 0 spiro atoms. The van der Waals surface area contributed by atoms with Gasteiger partial charge in [-0.05, 0) is 50.8 Å². The van der Waals surface area contributed by atoms with E-state index in [1.165, 1.54) is 36.2 Å². The number of nitrogens with zero attached hydrogens (tertiary/aromatic N) is 3. The van der Waals surface area contributed by atoms with Gasteiger partial charge >= 0.3 is 0 Å². The summed E-state index contributed by atoms with van der Waals surface area (Å²) in [6, 6.07) is 7.04. The molecule has 1 fully saturated rings. The van der Waals surface area contributed by atoms with E-state index in [-0.39, 0.29) is 11.7 Å². The number of anilines is 1. The van der Waals surface area contributed by atoms with Crippen molar-refractivity contribution < 1.29 is 9.18 Å². The molecule has 152 valence electrons. The van der Waals surface area contributed by atoms with Crippen LogP contribution in [0.25, 0.3) is 21.3 Å². The highest BCUT2D eigenvalue weighted by Crippen LogP contribution is 2.36. The maximum atomic E-state index is 13.3. The third-order valence-electron chi connectivity index (χ3n) is 5.64. The largest absolute Gasteiger partial charge is 0.369 e. The Morgan fingerprint density at radius 3 is 2.66 bits per heavy atom. The number of benzene rings is 1. The van der Waals surface area contributed by atoms with Crippen molar-refractivity contribution in [3.63, 3.8) is 0 Å². The highest BCUT2D eigenvalue weighted by atomic mass is 32.1. The van der Waals surface area contributed by atoms with Gasteiger partial charge in [0, 0.05) is 36.0 Å². The molecular formula is C22H25FN4OS. The molecule has 3 aromatic rings. The lowest BCUT2D eigenvalue weighted by Crippen LogP contribution is -2.47. The van der Waals surface area contributed by atoms with Crippen molar-refractivity contribution in [2.24, 2.45) is 0 Å². The summed E-state index contributed by atoms with van der Waals surface area (Å²) in [7, 11) is 0. The number of rotatable bonds is 5. The number of hydrogen-bond donors (Lipinski definition) is 1. The van der Waals surface area contributed by atoms with Gasteiger partial charge < -0.3 is 10.2 Å². The molecule has 2 atom stereocenters. The first-order chi connectivity index (χ1) is 14.0. The molecule has 0 radical (unpaired) electrons. The average molecular weight is 413 g/mol. The summed E-state index contributed by atoms with van der Waals surface area (Å²) >= 11 is 1.53. The smallest absolute Gasteiger partial charge is 0.224 e. The Balaban J connectivity index is 1.50. The minimum atomic E-state index is -0.262. The number of fused-ring (bicyclic) bond motifs is 1. The van der Waals surface area contributed by atoms with Crippen LogP contribution >= 0.6 is 11.3 Å². The van der Waals surface area contributed by atoms with Gasteiger partial charge in [0.2, 0.25) is 5.91 Å². The van der Waals surface area contributed by atoms with Crippen molar-refractivity contribution in [3.05, 3.63) is 41.8 Å². The number of nitrogens with one attached hydrogen (secondary N) is 1. The molecule has 0 aliphatic carbocycles. The first-order valence-electron chi connectivity index (χ1n) is 10.1. The molecule has 1 N–H and O–H groups in total. The zero-order chi connectivity index (χ0) is 20.4. The van der Waals surface area contributed by atoms with E-state index in [4.69, 9.17) is 0 Å². The molecular weight excluding hydrogens is 387 g/mol. The van der Waals surface area contributed by atoms with E-state index in [0.29, 0.717) is 30.9 Å². The van der Waals surface area contributed by atoms with Crippen LogP contribution in [0.4, 0.5) is 10.2 Å². The summed E-state index contributed by atoms with van der Waals surface area (Å²) in [5.41, 5.74) is 1.89. The lowest BCUT2D eigenvalue weighted by Gasteiger charge is -2.39. The van der Waals surface area contributed by atoms with Gasteiger partial charge in [0.15, 0.2) is 0 Å². The van der Waals surface area contributed by atoms with E-state index >= 15 is 0 Å². The third kappa shape index (κ3) is 4.10. The first-order valence-corrected chi connectivity index (χ1v) is 11.0. The normalized spacial score (nSPS) is 19.5. The SMILES string of the molecule is CC1CCCC(C)N1C(=O)CCNc1ncnc2scc(-c3ccc(F)cc3)c12. The summed E-state index contributed by atoms with van der Waals surface area (Å²) in [4.78, 5) is 24.4. The van der Waals surface area contributed by atoms with E-state index in [9.17, 15) is 9.18 Å². The van der Waals surface area contributed by atoms with E-state index in [1.807, 2.05) is 10.3 Å². The molecule has 7 heteroatoms. The maximum absolute atomic E-state index is 13.3. The zero-order valence-corrected chi connectivity index (χ0v) is 17.5. The summed E-state index contributed by atoms with van der Waals surface area (Å²) in [5.74, 6) is 0.636. The molecule has 29 heavy (non-hydrogen) atoms. The van der Waals surface area contributed by atoms with Crippen LogP contribution in [-0.4, -0.2) is 39.4 Å². The van der Waals surface area contributed by atoms with Crippen molar-refractivity contribution in [2.45, 2.75) is 51.6 Å². The molecule has 1 aliphatic heterocycles. The van der Waals surface area contributed by atoms with Crippen LogP contribution in [0.15, 0.2) is 36.0 Å². The van der Waals surface area contributed by atoms with Gasteiger partial charge in [-0.15, -0.1) is 11.3 Å². The van der Waals surface area contributed by atoms with Crippen LogP contribution in [0.5, 0.6) is 0 Å². The molecule has 1 aliphatic rings. The van der Waals surface area contributed by atoms with Gasteiger partial charge in [-0.3, -0.25) is 4.79 Å². The number of aromatic nitrogens is 2.